The Morgan fingerprint density at radius 3 is 2.45 bits per heavy atom. The molecule has 1 aromatic rings. The van der Waals surface area contributed by atoms with Gasteiger partial charge in [-0.1, -0.05) is 18.2 Å². The Balaban J connectivity index is 1.28. The van der Waals surface area contributed by atoms with Crippen molar-refractivity contribution in [2.24, 2.45) is 29.6 Å². The van der Waals surface area contributed by atoms with Crippen LogP contribution in [0.4, 0.5) is 5.69 Å². The van der Waals surface area contributed by atoms with E-state index in [1.165, 1.54) is 49.8 Å². The summed E-state index contributed by atoms with van der Waals surface area (Å²) in [5, 5.41) is 9.31. The second kappa shape index (κ2) is 7.15. The molecule has 4 bridgehead atoms. The van der Waals surface area contributed by atoms with Crippen molar-refractivity contribution >= 4 is 11.7 Å². The summed E-state index contributed by atoms with van der Waals surface area (Å²) in [6.45, 7) is 1.93. The topological polar surface area (TPSA) is 49.8 Å². The number of carbonyl (C=O) groups is 1. The van der Waals surface area contributed by atoms with E-state index in [9.17, 15) is 9.90 Å². The molecular formula is C27H33NO3. The molecule has 0 amide bonds. The number of ether oxygens (including phenoxy) is 1. The molecule has 1 heterocycles. The van der Waals surface area contributed by atoms with Crippen molar-refractivity contribution < 1.29 is 14.6 Å². The van der Waals surface area contributed by atoms with Gasteiger partial charge >= 0.3 is 5.97 Å². The lowest BCUT2D eigenvalue weighted by atomic mass is 9.48. The minimum absolute atomic E-state index is 0.318. The standard InChI is InChI=1S/C27H33NO3/c1-31-25-5-4-23(28-7-6-20-11-21(26(29)30)2-3-22(20)16-28)12-24(25)27-13-17-8-18(14-27)10-19(9-17)15-27/h2-5,11-12,17-20,22H,6-10,13-16H2,1H3,(H,29,30). The third kappa shape index (κ3) is 3.21. The van der Waals surface area contributed by atoms with Crippen molar-refractivity contribution in [3.05, 3.63) is 47.6 Å². The highest BCUT2D eigenvalue weighted by Gasteiger charge is 2.52. The average molecular weight is 420 g/mol. The van der Waals surface area contributed by atoms with E-state index in [1.54, 1.807) is 6.08 Å². The number of hydrogen-bond donors (Lipinski definition) is 1. The van der Waals surface area contributed by atoms with Gasteiger partial charge in [0, 0.05) is 30.3 Å². The van der Waals surface area contributed by atoms with Crippen LogP contribution in [0, 0.1) is 29.6 Å². The van der Waals surface area contributed by atoms with Gasteiger partial charge in [0.2, 0.25) is 0 Å². The molecule has 5 fully saturated rings. The number of allylic oxidation sites excluding steroid dienone is 1. The Morgan fingerprint density at radius 1 is 1.10 bits per heavy atom. The van der Waals surface area contributed by atoms with E-state index in [0.717, 1.165) is 43.0 Å². The third-order valence-corrected chi connectivity index (χ3v) is 9.03. The molecule has 31 heavy (non-hydrogen) atoms. The van der Waals surface area contributed by atoms with Crippen LogP contribution in [0.2, 0.25) is 0 Å². The van der Waals surface area contributed by atoms with Crippen LogP contribution in [0.1, 0.15) is 50.5 Å². The Labute approximate surface area is 185 Å². The monoisotopic (exact) mass is 419 g/mol. The Kier molecular flexibility index (Phi) is 4.49. The Hall–Kier alpha value is -2.23. The van der Waals surface area contributed by atoms with Gasteiger partial charge in [0.1, 0.15) is 5.75 Å². The molecule has 1 saturated heterocycles. The molecule has 4 saturated carbocycles. The third-order valence-electron chi connectivity index (χ3n) is 9.03. The summed E-state index contributed by atoms with van der Waals surface area (Å²) in [4.78, 5) is 13.8. The Morgan fingerprint density at radius 2 is 1.81 bits per heavy atom. The van der Waals surface area contributed by atoms with E-state index in [0.29, 0.717) is 22.8 Å². The van der Waals surface area contributed by atoms with Gasteiger partial charge in [0.25, 0.3) is 0 Å². The lowest BCUT2D eigenvalue weighted by molar-refractivity contribution is -0.132. The summed E-state index contributed by atoms with van der Waals surface area (Å²) in [5.41, 5.74) is 3.54. The van der Waals surface area contributed by atoms with Crippen LogP contribution in [0.15, 0.2) is 42.0 Å². The number of rotatable bonds is 4. The van der Waals surface area contributed by atoms with Gasteiger partial charge in [0.15, 0.2) is 0 Å². The zero-order chi connectivity index (χ0) is 21.2. The summed E-state index contributed by atoms with van der Waals surface area (Å²) < 4.78 is 5.90. The number of nitrogens with zero attached hydrogens (tertiary/aromatic N) is 1. The number of benzene rings is 1. The molecule has 5 aliphatic carbocycles. The summed E-state index contributed by atoms with van der Waals surface area (Å²) in [7, 11) is 1.82. The van der Waals surface area contributed by atoms with E-state index < -0.39 is 5.97 Å². The molecule has 6 aliphatic rings. The first-order valence-corrected chi connectivity index (χ1v) is 12.1. The highest BCUT2D eigenvalue weighted by Crippen LogP contribution is 2.62. The van der Waals surface area contributed by atoms with Gasteiger partial charge in [-0.3, -0.25) is 0 Å². The molecule has 2 atom stereocenters. The summed E-state index contributed by atoms with van der Waals surface area (Å²) in [6, 6.07) is 6.89. The van der Waals surface area contributed by atoms with Crippen molar-refractivity contribution in [1.82, 2.24) is 0 Å². The number of hydrogen-bond acceptors (Lipinski definition) is 3. The maximum atomic E-state index is 11.3. The predicted octanol–water partition coefficient (Wildman–Crippen LogP) is 5.19. The van der Waals surface area contributed by atoms with Crippen LogP contribution >= 0.6 is 0 Å². The van der Waals surface area contributed by atoms with Gasteiger partial charge in [0.05, 0.1) is 12.7 Å². The van der Waals surface area contributed by atoms with Crippen molar-refractivity contribution in [2.75, 3.05) is 25.1 Å². The first kappa shape index (κ1) is 19.5. The van der Waals surface area contributed by atoms with E-state index >= 15 is 0 Å². The molecule has 4 heteroatoms. The second-order valence-corrected chi connectivity index (χ2v) is 10.9. The summed E-state index contributed by atoms with van der Waals surface area (Å²) in [6.07, 6.45) is 15.3. The SMILES string of the molecule is COc1ccc(N2CCC3C=C(C(=O)O)C=CC3C2)cc1C12CC3CC(CC(C3)C1)C2. The van der Waals surface area contributed by atoms with Gasteiger partial charge < -0.3 is 14.7 Å². The molecular weight excluding hydrogens is 386 g/mol. The van der Waals surface area contributed by atoms with Crippen LogP contribution in [-0.4, -0.2) is 31.3 Å². The van der Waals surface area contributed by atoms with Crippen molar-refractivity contribution in [2.45, 2.75) is 50.4 Å². The van der Waals surface area contributed by atoms with Crippen LogP contribution in [0.5, 0.6) is 5.75 Å². The minimum Gasteiger partial charge on any atom is -0.496 e. The summed E-state index contributed by atoms with van der Waals surface area (Å²) >= 11 is 0. The van der Waals surface area contributed by atoms with Gasteiger partial charge in [-0.2, -0.15) is 0 Å². The fourth-order valence-electron chi connectivity index (χ4n) is 8.05. The van der Waals surface area contributed by atoms with Crippen LogP contribution in [-0.2, 0) is 10.2 Å². The van der Waals surface area contributed by atoms with E-state index in [4.69, 9.17) is 4.74 Å². The molecule has 2 unspecified atom stereocenters. The molecule has 7 rings (SSSR count). The molecule has 1 aliphatic heterocycles. The maximum absolute atomic E-state index is 11.3. The van der Waals surface area contributed by atoms with Crippen LogP contribution in [0.3, 0.4) is 0 Å². The van der Waals surface area contributed by atoms with Crippen molar-refractivity contribution in [3.8, 4) is 5.75 Å². The van der Waals surface area contributed by atoms with E-state index in [1.807, 2.05) is 13.2 Å². The molecule has 4 nitrogen and oxygen atoms in total. The van der Waals surface area contributed by atoms with Gasteiger partial charge in [-0.15, -0.1) is 0 Å². The lowest BCUT2D eigenvalue weighted by Gasteiger charge is -2.57. The minimum atomic E-state index is -0.813. The normalized spacial score (nSPS) is 38.0. The molecule has 0 radical (unpaired) electrons. The predicted molar refractivity (Wildman–Crippen MR) is 122 cm³/mol. The smallest absolute Gasteiger partial charge is 0.335 e. The van der Waals surface area contributed by atoms with Crippen molar-refractivity contribution in [3.63, 3.8) is 0 Å². The molecule has 164 valence electrons. The number of piperidine rings is 1. The number of methoxy groups -OCH3 is 1. The van der Waals surface area contributed by atoms with E-state index in [2.05, 4.69) is 29.2 Å². The quantitative estimate of drug-likeness (QED) is 0.730. The zero-order valence-electron chi connectivity index (χ0n) is 18.4. The number of carboxylic acids is 1. The first-order chi connectivity index (χ1) is 15.0. The van der Waals surface area contributed by atoms with Crippen LogP contribution in [0.25, 0.3) is 0 Å². The van der Waals surface area contributed by atoms with Crippen molar-refractivity contribution in [1.29, 1.82) is 0 Å². The van der Waals surface area contributed by atoms with E-state index in [-0.39, 0.29) is 0 Å². The highest BCUT2D eigenvalue weighted by atomic mass is 16.5. The lowest BCUT2D eigenvalue weighted by Crippen LogP contribution is -2.48. The van der Waals surface area contributed by atoms with Crippen LogP contribution < -0.4 is 9.64 Å². The number of carboxylic acid groups (broad SMARTS) is 1. The highest BCUT2D eigenvalue weighted by molar-refractivity contribution is 5.90. The molecule has 1 N–H and O–H groups in total. The fraction of sp³-hybridized carbons (Fsp3) is 0.593. The number of anilines is 1. The zero-order valence-corrected chi connectivity index (χ0v) is 18.4. The van der Waals surface area contributed by atoms with Gasteiger partial charge in [-0.05, 0) is 92.2 Å². The summed E-state index contributed by atoms with van der Waals surface area (Å²) in [5.74, 6) is 3.74. The average Bonchev–Trinajstić information content (AvgIpc) is 2.77. The fourth-order valence-corrected chi connectivity index (χ4v) is 8.05. The molecule has 1 aromatic carbocycles. The number of aliphatic carboxylic acids is 1. The van der Waals surface area contributed by atoms with Gasteiger partial charge in [-0.25, -0.2) is 4.79 Å². The first-order valence-electron chi connectivity index (χ1n) is 12.1. The second-order valence-electron chi connectivity index (χ2n) is 10.9. The maximum Gasteiger partial charge on any atom is 0.335 e. The molecule has 0 spiro atoms. The number of fused-ring (bicyclic) bond motifs is 1. The largest absolute Gasteiger partial charge is 0.496 e. The molecule has 0 aromatic heterocycles. The Bertz CT molecular complexity index is 926.